The van der Waals surface area contributed by atoms with Gasteiger partial charge in [-0.25, -0.2) is 74.6 Å². The summed E-state index contributed by atoms with van der Waals surface area (Å²) in [5.41, 5.74) is 0. The Morgan fingerprint density at radius 2 is 0.677 bits per heavy atom. The third-order valence-electron chi connectivity index (χ3n) is 12.7. The van der Waals surface area contributed by atoms with Crippen LogP contribution in [0.25, 0.3) is 0 Å². The Balaban J connectivity index is 1.31. The van der Waals surface area contributed by atoms with E-state index in [4.69, 9.17) is 11.6 Å². The van der Waals surface area contributed by atoms with Crippen LogP contribution in [0.2, 0.25) is 0 Å². The molecule has 0 heterocycles. The number of hydrogen-bond donors (Lipinski definition) is 4. The molecule has 26 unspecified atom stereocenters. The first-order valence-electron chi connectivity index (χ1n) is 19.6. The molecule has 0 aromatic heterocycles. The zero-order chi connectivity index (χ0) is 49.2. The lowest BCUT2D eigenvalue weighted by molar-refractivity contribution is -0.260. The van der Waals surface area contributed by atoms with Crippen LogP contribution >= 0.6 is 11.6 Å². The summed E-state index contributed by atoms with van der Waals surface area (Å²) in [4.78, 5) is 48.8. The Bertz CT molecular complexity index is 1680. The first-order valence-corrected chi connectivity index (χ1v) is 20.1. The third-order valence-corrected chi connectivity index (χ3v) is 13.2. The number of amides is 2. The van der Waals surface area contributed by atoms with Gasteiger partial charge in [0.2, 0.25) is 11.8 Å². The molecule has 5 aliphatic carbocycles. The highest BCUT2D eigenvalue weighted by Gasteiger charge is 2.66. The van der Waals surface area contributed by atoms with Crippen LogP contribution in [0.4, 0.5) is 74.6 Å². The quantitative estimate of drug-likeness (QED) is 0.176. The van der Waals surface area contributed by atoms with Gasteiger partial charge in [0.15, 0.2) is 61.7 Å². The molecule has 0 aliphatic heterocycles. The van der Waals surface area contributed by atoms with E-state index in [1.54, 1.807) is 5.32 Å². The van der Waals surface area contributed by atoms with Crippen LogP contribution in [-0.4, -0.2) is 194 Å². The van der Waals surface area contributed by atoms with Crippen molar-refractivity contribution in [1.82, 2.24) is 10.6 Å². The fourth-order valence-corrected chi connectivity index (χ4v) is 9.42. The number of carboxylic acids is 2. The molecule has 2 amide bonds. The average Bonchev–Trinajstić information content (AvgIpc) is 3.25. The van der Waals surface area contributed by atoms with Gasteiger partial charge in [-0.05, 0) is 0 Å². The van der Waals surface area contributed by atoms with Gasteiger partial charge in [0.1, 0.15) is 91.7 Å². The molecule has 5 saturated carbocycles. The minimum atomic E-state index is -3.79. The molecular weight excluding hydrogens is 963 g/mol. The maximum absolute atomic E-state index is 16.0. The van der Waals surface area contributed by atoms with Crippen LogP contribution in [0.3, 0.4) is 0 Å². The van der Waals surface area contributed by atoms with Gasteiger partial charge < -0.3 is 35.1 Å². The number of ether oxygens (including phenoxy) is 3. The Morgan fingerprint density at radius 1 is 0.400 bits per heavy atom. The second kappa shape index (κ2) is 20.2. The molecule has 0 aromatic carbocycles. The maximum Gasteiger partial charge on any atom is 0.310 e. The number of alkyl halides is 18. The smallest absolute Gasteiger partial charge is 0.310 e. The summed E-state index contributed by atoms with van der Waals surface area (Å²) in [6, 6.07) is -2.46. The summed E-state index contributed by atoms with van der Waals surface area (Å²) >= 11 is 5.60. The summed E-state index contributed by atoms with van der Waals surface area (Å²) in [5.74, 6) is -21.7. The number of carboxylic acid groups (broad SMARTS) is 2. The van der Waals surface area contributed by atoms with E-state index in [2.05, 4.69) is 14.2 Å². The van der Waals surface area contributed by atoms with Gasteiger partial charge >= 0.3 is 11.9 Å². The fraction of sp³-hybridized carbons (Fsp3) is 0.889. The minimum Gasteiger partial charge on any atom is -0.481 e. The standard InChI is InChI=1S/C36H40ClF17N2O9/c1-3-9(38)8(37)15(44)26(10(3)39)56-34(58)5-7(36(61)62)12(41)17(46)28(14(5)43)64-30-20(49)24(53)32(25(54)21(30)50)65-31-22(51)18(47)29(19(48)23(31)52)63-27-13(42)4(33(57)55-2)6(35(59)60)11(40)16(27)45/h3-32H,1-2H3,(H,55,57)(H,56,58)(H,59,60)(H,61,62). The molecule has 0 aromatic rings. The molecule has 5 aliphatic rings. The summed E-state index contributed by atoms with van der Waals surface area (Å²) < 4.78 is 273. The van der Waals surface area contributed by atoms with E-state index in [9.17, 15) is 51.3 Å². The topological polar surface area (TPSA) is 160 Å². The molecule has 5 rings (SSSR count). The second-order valence-electron chi connectivity index (χ2n) is 16.5. The number of rotatable bonds is 11. The van der Waals surface area contributed by atoms with Crippen LogP contribution in [0.5, 0.6) is 0 Å². The molecule has 11 nitrogen and oxygen atoms in total. The molecule has 0 spiro atoms. The molecule has 29 heteroatoms. The normalized spacial score (nSPS) is 52.9. The van der Waals surface area contributed by atoms with Crippen LogP contribution in [0.1, 0.15) is 6.92 Å². The van der Waals surface area contributed by atoms with E-state index in [-0.39, 0.29) is 0 Å². The Morgan fingerprint density at radius 3 is 0.969 bits per heavy atom. The number of carbonyl (C=O) groups excluding carboxylic acids is 2. The van der Waals surface area contributed by atoms with E-state index in [1.807, 2.05) is 0 Å². The highest BCUT2D eigenvalue weighted by atomic mass is 35.5. The van der Waals surface area contributed by atoms with Gasteiger partial charge in [0.05, 0.1) is 23.3 Å². The number of nitrogens with one attached hydrogen (secondary N) is 2. The van der Waals surface area contributed by atoms with Crippen molar-refractivity contribution in [2.24, 2.45) is 29.6 Å². The van der Waals surface area contributed by atoms with Gasteiger partial charge in [0.25, 0.3) is 0 Å². The fourth-order valence-electron chi connectivity index (χ4n) is 9.03. The van der Waals surface area contributed by atoms with Crippen molar-refractivity contribution in [3.05, 3.63) is 0 Å². The molecule has 4 N–H and O–H groups in total. The highest BCUT2D eigenvalue weighted by Crippen LogP contribution is 2.46. The Kier molecular flexibility index (Phi) is 16.4. The van der Waals surface area contributed by atoms with Crippen molar-refractivity contribution in [2.45, 2.75) is 160 Å². The Labute approximate surface area is 360 Å². The summed E-state index contributed by atoms with van der Waals surface area (Å²) in [6.07, 6.45) is -78.7. The van der Waals surface area contributed by atoms with E-state index in [1.165, 1.54) is 5.32 Å². The van der Waals surface area contributed by atoms with Crippen molar-refractivity contribution in [1.29, 1.82) is 0 Å². The van der Waals surface area contributed by atoms with Crippen molar-refractivity contribution in [3.8, 4) is 0 Å². The van der Waals surface area contributed by atoms with Crippen molar-refractivity contribution in [3.63, 3.8) is 0 Å². The number of halogens is 18. The molecule has 0 saturated heterocycles. The zero-order valence-corrected chi connectivity index (χ0v) is 33.6. The molecule has 374 valence electrons. The lowest BCUT2D eigenvalue weighted by Gasteiger charge is -2.47. The summed E-state index contributed by atoms with van der Waals surface area (Å²) in [7, 11) is 0.803. The van der Waals surface area contributed by atoms with Gasteiger partial charge in [-0.15, -0.1) is 11.6 Å². The average molecular weight is 1000 g/mol. The van der Waals surface area contributed by atoms with Crippen molar-refractivity contribution in [2.75, 3.05) is 7.05 Å². The molecule has 26 atom stereocenters. The number of hydrogen-bond acceptors (Lipinski definition) is 7. The zero-order valence-electron chi connectivity index (χ0n) is 32.9. The number of carbonyl (C=O) groups is 4. The highest BCUT2D eigenvalue weighted by molar-refractivity contribution is 6.21. The third kappa shape index (κ3) is 9.26. The molecule has 0 bridgehead atoms. The predicted molar refractivity (Wildman–Crippen MR) is 183 cm³/mol. The Hall–Kier alpha value is -3.14. The lowest BCUT2D eigenvalue weighted by Crippen LogP contribution is -2.68. The van der Waals surface area contributed by atoms with E-state index < -0.39 is 206 Å². The van der Waals surface area contributed by atoms with Crippen molar-refractivity contribution >= 4 is 35.4 Å². The van der Waals surface area contributed by atoms with Gasteiger partial charge in [-0.3, -0.25) is 19.2 Å². The van der Waals surface area contributed by atoms with Gasteiger partial charge in [-0.2, -0.15) is 0 Å². The number of aliphatic carboxylic acids is 2. The van der Waals surface area contributed by atoms with Crippen LogP contribution in [0, 0.1) is 29.6 Å². The SMILES string of the molecule is CNC(=O)C1C(F)C(OC2C(F)C(F)C(OC3C(F)C(F)C(OC4C(F)C(F)C(C(=O)O)C(C(=O)NC5C(F)C(C)C(F)C(Cl)C5F)C4F)C(F)C3F)C(F)C2F)C(F)C(F)C1C(=O)O. The first kappa shape index (κ1) is 52.8. The monoisotopic (exact) mass is 1000 g/mol. The van der Waals surface area contributed by atoms with Gasteiger partial charge in [0, 0.05) is 13.0 Å². The van der Waals surface area contributed by atoms with Crippen molar-refractivity contribution < 1.29 is 118 Å². The first-order chi connectivity index (χ1) is 30.1. The minimum absolute atomic E-state index is 0.803. The molecule has 0 radical (unpaired) electrons. The van der Waals surface area contributed by atoms with Gasteiger partial charge in [-0.1, -0.05) is 6.92 Å². The van der Waals surface area contributed by atoms with E-state index in [0.717, 1.165) is 14.0 Å². The van der Waals surface area contributed by atoms with E-state index >= 15 is 52.7 Å². The molecular formula is C36H40ClF17N2O9. The largest absolute Gasteiger partial charge is 0.481 e. The lowest BCUT2D eigenvalue weighted by atomic mass is 9.73. The molecule has 65 heavy (non-hydrogen) atoms. The van der Waals surface area contributed by atoms with Crippen LogP contribution in [-0.2, 0) is 33.4 Å². The van der Waals surface area contributed by atoms with Crippen LogP contribution in [0.15, 0.2) is 0 Å². The van der Waals surface area contributed by atoms with Crippen LogP contribution < -0.4 is 10.6 Å². The summed E-state index contributed by atoms with van der Waals surface area (Å²) in [5, 5.41) is 19.9. The summed E-state index contributed by atoms with van der Waals surface area (Å²) in [6.45, 7) is 0.864. The predicted octanol–water partition coefficient (Wildman–Crippen LogP) is 4.17. The van der Waals surface area contributed by atoms with E-state index in [0.29, 0.717) is 0 Å². The second-order valence-corrected chi connectivity index (χ2v) is 17.0. The maximum atomic E-state index is 16.0. The molecule has 5 fully saturated rings.